The Labute approximate surface area is 392 Å². The van der Waals surface area contributed by atoms with Crippen LogP contribution in [-0.2, 0) is 0 Å². The maximum absolute atomic E-state index is 6.33. The van der Waals surface area contributed by atoms with Crippen molar-refractivity contribution in [3.05, 3.63) is 230 Å². The van der Waals surface area contributed by atoms with Crippen LogP contribution in [0.1, 0.15) is 18.4 Å². The first-order valence-corrected chi connectivity index (χ1v) is 23.1. The van der Waals surface area contributed by atoms with E-state index in [1.165, 1.54) is 33.0 Å². The molecule has 0 aliphatic heterocycles. The summed E-state index contributed by atoms with van der Waals surface area (Å²) in [5.41, 5.74) is 16.3. The molecule has 320 valence electrons. The Hall–Kier alpha value is -9.00. The zero-order valence-electron chi connectivity index (χ0n) is 36.9. The van der Waals surface area contributed by atoms with Crippen LogP contribution in [0.2, 0.25) is 0 Å². The van der Waals surface area contributed by atoms with Crippen LogP contribution in [0.4, 0.5) is 0 Å². The van der Waals surface area contributed by atoms with Crippen molar-refractivity contribution in [2.75, 3.05) is 0 Å². The van der Waals surface area contributed by atoms with E-state index in [4.69, 9.17) is 24.4 Å². The van der Waals surface area contributed by atoms with E-state index in [9.17, 15) is 0 Å². The van der Waals surface area contributed by atoms with Crippen molar-refractivity contribution in [2.24, 2.45) is 0 Å². The van der Waals surface area contributed by atoms with Gasteiger partial charge in [-0.1, -0.05) is 170 Å². The van der Waals surface area contributed by atoms with Crippen molar-refractivity contribution in [1.29, 1.82) is 0 Å². The Kier molecular flexibility index (Phi) is 9.53. The topological polar surface area (TPSA) is 69.6 Å². The quantitative estimate of drug-likeness (QED) is 0.152. The smallest absolute Gasteiger partial charge is 0.182 e. The number of hydrogen-bond donors (Lipinski definition) is 0. The van der Waals surface area contributed by atoms with Gasteiger partial charge in [-0.3, -0.25) is 4.98 Å². The molecule has 1 aliphatic carbocycles. The zero-order chi connectivity index (χ0) is 45.0. The van der Waals surface area contributed by atoms with Gasteiger partial charge < -0.3 is 8.98 Å². The van der Waals surface area contributed by atoms with Crippen molar-refractivity contribution in [2.45, 2.75) is 12.8 Å². The number of rotatable bonds is 8. The SMILES string of the molecule is C1=CC(c2cc(-c3nc(-c4ccccc4)nc(-c4cc5oc6ccccc6c5cn4)n3)cc(-c3ccccc3)c2-n2c3ccc(-c4ccccc4)cc3c3cc(-c4ccccc4)ccc32)=CCC1. The summed E-state index contributed by atoms with van der Waals surface area (Å²) in [6.07, 6.45) is 10.7. The summed E-state index contributed by atoms with van der Waals surface area (Å²) < 4.78 is 8.82. The predicted octanol–water partition coefficient (Wildman–Crippen LogP) is 16.0. The van der Waals surface area contributed by atoms with Gasteiger partial charge in [-0.15, -0.1) is 0 Å². The Balaban J connectivity index is 1.09. The summed E-state index contributed by atoms with van der Waals surface area (Å²) in [6, 6.07) is 70.5. The maximum atomic E-state index is 6.33. The number of allylic oxidation sites excluding steroid dienone is 4. The average molecular weight is 872 g/mol. The summed E-state index contributed by atoms with van der Waals surface area (Å²) in [4.78, 5) is 20.6. The first-order chi connectivity index (χ1) is 33.7. The summed E-state index contributed by atoms with van der Waals surface area (Å²) in [7, 11) is 0. The number of pyridine rings is 1. The van der Waals surface area contributed by atoms with Crippen LogP contribution >= 0.6 is 0 Å². The lowest BCUT2D eigenvalue weighted by atomic mass is 9.90. The summed E-state index contributed by atoms with van der Waals surface area (Å²) >= 11 is 0. The molecule has 0 N–H and O–H groups in total. The molecule has 0 unspecified atom stereocenters. The van der Waals surface area contributed by atoms with Gasteiger partial charge in [0.05, 0.1) is 16.7 Å². The lowest BCUT2D eigenvalue weighted by Crippen LogP contribution is -2.06. The second-order valence-electron chi connectivity index (χ2n) is 17.3. The average Bonchev–Trinajstić information content (AvgIpc) is 3.96. The van der Waals surface area contributed by atoms with Crippen LogP contribution in [0.15, 0.2) is 229 Å². The number of furan rings is 1. The van der Waals surface area contributed by atoms with Crippen LogP contribution in [0.25, 0.3) is 123 Å². The van der Waals surface area contributed by atoms with E-state index in [0.29, 0.717) is 23.2 Å². The molecule has 0 radical (unpaired) electrons. The van der Waals surface area contributed by atoms with Crippen LogP contribution < -0.4 is 0 Å². The minimum Gasteiger partial charge on any atom is -0.456 e. The molecule has 0 spiro atoms. The third kappa shape index (κ3) is 6.90. The minimum atomic E-state index is 0.464. The van der Waals surface area contributed by atoms with Crippen LogP contribution in [0.3, 0.4) is 0 Å². The van der Waals surface area contributed by atoms with Crippen molar-refractivity contribution in [3.63, 3.8) is 0 Å². The molecule has 12 aromatic rings. The molecule has 0 bridgehead atoms. The number of benzene rings is 8. The fourth-order valence-electron chi connectivity index (χ4n) is 9.84. The second-order valence-corrected chi connectivity index (χ2v) is 17.3. The fourth-order valence-corrected chi connectivity index (χ4v) is 9.84. The molecule has 0 saturated carbocycles. The number of para-hydroxylation sites is 1. The molecule has 6 nitrogen and oxygen atoms in total. The van der Waals surface area contributed by atoms with E-state index in [1.807, 2.05) is 60.8 Å². The molecule has 8 aromatic carbocycles. The third-order valence-electron chi connectivity index (χ3n) is 13.1. The van der Waals surface area contributed by atoms with Crippen molar-refractivity contribution >= 4 is 49.3 Å². The molecule has 13 rings (SSSR count). The minimum absolute atomic E-state index is 0.464. The van der Waals surface area contributed by atoms with E-state index < -0.39 is 0 Å². The molecule has 1 aliphatic rings. The van der Waals surface area contributed by atoms with Gasteiger partial charge in [0.25, 0.3) is 0 Å². The van der Waals surface area contributed by atoms with Gasteiger partial charge in [-0.25, -0.2) is 15.0 Å². The third-order valence-corrected chi connectivity index (χ3v) is 13.1. The summed E-state index contributed by atoms with van der Waals surface area (Å²) in [6.45, 7) is 0. The fraction of sp³-hybridized carbons (Fsp3) is 0.0323. The van der Waals surface area contributed by atoms with E-state index in [2.05, 4.69) is 168 Å². The lowest BCUT2D eigenvalue weighted by molar-refractivity contribution is 0.668. The number of aromatic nitrogens is 5. The van der Waals surface area contributed by atoms with Crippen LogP contribution in [0, 0.1) is 0 Å². The number of fused-ring (bicyclic) bond motifs is 6. The lowest BCUT2D eigenvalue weighted by Gasteiger charge is -2.22. The van der Waals surface area contributed by atoms with E-state index in [1.54, 1.807) is 0 Å². The Morgan fingerprint density at radius 2 is 0.956 bits per heavy atom. The van der Waals surface area contributed by atoms with E-state index in [0.717, 1.165) is 84.9 Å². The predicted molar refractivity (Wildman–Crippen MR) is 278 cm³/mol. The van der Waals surface area contributed by atoms with Gasteiger partial charge in [0.1, 0.15) is 16.9 Å². The van der Waals surface area contributed by atoms with Gasteiger partial charge in [-0.05, 0) is 88.7 Å². The molecule has 0 amide bonds. The van der Waals surface area contributed by atoms with E-state index >= 15 is 0 Å². The largest absolute Gasteiger partial charge is 0.456 e. The zero-order valence-corrected chi connectivity index (χ0v) is 36.9. The highest BCUT2D eigenvalue weighted by Gasteiger charge is 2.25. The van der Waals surface area contributed by atoms with Gasteiger partial charge in [-0.2, -0.15) is 0 Å². The van der Waals surface area contributed by atoms with Crippen molar-refractivity contribution in [1.82, 2.24) is 24.5 Å². The van der Waals surface area contributed by atoms with Gasteiger partial charge in [0.2, 0.25) is 0 Å². The molecular formula is C62H41N5O. The van der Waals surface area contributed by atoms with Crippen LogP contribution in [-0.4, -0.2) is 24.5 Å². The van der Waals surface area contributed by atoms with Crippen LogP contribution in [0.5, 0.6) is 0 Å². The number of nitrogens with zero attached hydrogens (tertiary/aromatic N) is 5. The second kappa shape index (κ2) is 16.5. The standard InChI is InChI=1S/C62H41N5O/c1-6-18-40(19-7-1)45-30-32-55-51(34-45)52-35-46(41-20-8-2-9-21-41)31-33-56(52)67(55)59-49(42-22-10-3-11-23-42)36-47(37-50(59)43-24-12-4-13-25-43)61-64-60(44-26-14-5-15-27-44)65-62(66-61)54-38-58-53(39-63-54)48-28-16-17-29-57(48)68-58/h1-3,5-12,14-39H,4,13H2. The molecular weight excluding hydrogens is 831 g/mol. The Bertz CT molecular complexity index is 3850. The van der Waals surface area contributed by atoms with Gasteiger partial charge in [0.15, 0.2) is 17.5 Å². The highest BCUT2D eigenvalue weighted by atomic mass is 16.3. The molecule has 4 heterocycles. The van der Waals surface area contributed by atoms with Crippen molar-refractivity contribution in [3.8, 4) is 73.4 Å². The molecule has 0 saturated heterocycles. The maximum Gasteiger partial charge on any atom is 0.182 e. The van der Waals surface area contributed by atoms with Gasteiger partial charge in [0, 0.05) is 56.1 Å². The Morgan fingerprint density at radius 1 is 0.397 bits per heavy atom. The molecule has 68 heavy (non-hydrogen) atoms. The summed E-state index contributed by atoms with van der Waals surface area (Å²) in [5.74, 6) is 1.57. The van der Waals surface area contributed by atoms with Crippen molar-refractivity contribution < 1.29 is 4.42 Å². The van der Waals surface area contributed by atoms with Gasteiger partial charge >= 0.3 is 0 Å². The molecule has 0 fully saturated rings. The molecule has 4 aromatic heterocycles. The first-order valence-electron chi connectivity index (χ1n) is 23.1. The highest BCUT2D eigenvalue weighted by molar-refractivity contribution is 6.13. The first kappa shape index (κ1) is 39.4. The Morgan fingerprint density at radius 3 is 1.59 bits per heavy atom. The summed E-state index contributed by atoms with van der Waals surface area (Å²) in [5, 5.41) is 4.34. The normalized spacial score (nSPS) is 12.6. The van der Waals surface area contributed by atoms with E-state index in [-0.39, 0.29) is 0 Å². The molecule has 0 atom stereocenters. The monoisotopic (exact) mass is 871 g/mol. The molecule has 6 heteroatoms. The number of hydrogen-bond acceptors (Lipinski definition) is 5. The highest BCUT2D eigenvalue weighted by Crippen LogP contribution is 2.45.